The average molecular weight is 555 g/mol. The first kappa shape index (κ1) is 26.2. The minimum Gasteiger partial charge on any atom is -0.384 e. The molecule has 4 N–H and O–H groups in total. The van der Waals surface area contributed by atoms with Gasteiger partial charge in [0.15, 0.2) is 5.79 Å². The van der Waals surface area contributed by atoms with E-state index in [1.54, 1.807) is 17.3 Å². The van der Waals surface area contributed by atoms with Gasteiger partial charge in [-0.2, -0.15) is 0 Å². The quantitative estimate of drug-likeness (QED) is 0.349. The first-order valence-corrected chi connectivity index (χ1v) is 14.2. The molecule has 3 fully saturated rings. The fourth-order valence-electron chi connectivity index (χ4n) is 6.05. The smallest absolute Gasteiger partial charge is 0.263 e. The molecule has 1 aliphatic carbocycles. The molecule has 11 nitrogen and oxygen atoms in total. The van der Waals surface area contributed by atoms with Crippen LogP contribution in [0.5, 0.6) is 0 Å². The molecule has 5 heterocycles. The van der Waals surface area contributed by atoms with Gasteiger partial charge in [0.2, 0.25) is 0 Å². The van der Waals surface area contributed by atoms with Gasteiger partial charge >= 0.3 is 0 Å². The molecule has 2 unspecified atom stereocenters. The summed E-state index contributed by atoms with van der Waals surface area (Å²) in [5, 5.41) is 18.1. The molecule has 2 aliphatic heterocycles. The highest BCUT2D eigenvalue weighted by Gasteiger charge is 2.43. The molecule has 39 heavy (non-hydrogen) atoms. The summed E-state index contributed by atoms with van der Waals surface area (Å²) in [6, 6.07) is 2.24. The first-order valence-electron chi connectivity index (χ1n) is 13.4. The fourth-order valence-corrected chi connectivity index (χ4v) is 6.90. The first-order chi connectivity index (χ1) is 18.7. The number of aliphatic hydroxyl groups excluding tert-OH is 1. The molecule has 0 radical (unpaired) electrons. The number of aliphatic hydroxyl groups is 1. The van der Waals surface area contributed by atoms with Crippen molar-refractivity contribution in [3.8, 4) is 10.6 Å². The number of pyridine rings is 1. The van der Waals surface area contributed by atoms with E-state index in [1.807, 2.05) is 26.1 Å². The lowest BCUT2D eigenvalue weighted by Crippen LogP contribution is -2.37. The van der Waals surface area contributed by atoms with Gasteiger partial charge < -0.3 is 35.1 Å². The molecule has 208 valence electrons. The molecule has 3 aliphatic rings. The van der Waals surface area contributed by atoms with Crippen LogP contribution >= 0.6 is 11.3 Å². The van der Waals surface area contributed by atoms with Crippen molar-refractivity contribution in [2.75, 3.05) is 31.6 Å². The molecular formula is C27H34N6O5S. The number of hydrogen-bond donors (Lipinski definition) is 4. The van der Waals surface area contributed by atoms with Gasteiger partial charge in [0, 0.05) is 43.5 Å². The van der Waals surface area contributed by atoms with Gasteiger partial charge in [0.05, 0.1) is 24.1 Å². The maximum atomic E-state index is 12.9. The molecular weight excluding hydrogens is 520 g/mol. The Morgan fingerprint density at radius 3 is 2.72 bits per heavy atom. The summed E-state index contributed by atoms with van der Waals surface area (Å²) in [6.45, 7) is 7.43. The van der Waals surface area contributed by atoms with E-state index in [0.717, 1.165) is 35.1 Å². The number of likely N-dealkylation sites (tertiary alicyclic amines) is 1. The molecule has 0 spiro atoms. The summed E-state index contributed by atoms with van der Waals surface area (Å²) in [7, 11) is 0. The van der Waals surface area contributed by atoms with Crippen molar-refractivity contribution in [3.05, 3.63) is 29.5 Å². The number of H-pyrrole nitrogens is 1. The summed E-state index contributed by atoms with van der Waals surface area (Å²) in [5.74, 6) is -0.194. The third-order valence-electron chi connectivity index (χ3n) is 7.87. The van der Waals surface area contributed by atoms with Crippen LogP contribution in [0.3, 0.4) is 0 Å². The van der Waals surface area contributed by atoms with E-state index in [9.17, 15) is 14.7 Å². The van der Waals surface area contributed by atoms with Gasteiger partial charge in [-0.1, -0.05) is 0 Å². The van der Waals surface area contributed by atoms with Gasteiger partial charge in [0.25, 0.3) is 11.8 Å². The zero-order valence-electron chi connectivity index (χ0n) is 22.3. The molecule has 3 aromatic heterocycles. The highest BCUT2D eigenvalue weighted by Crippen LogP contribution is 2.42. The number of carbonyl (C=O) groups is 2. The fraction of sp³-hybridized carbons (Fsp3) is 0.556. The lowest BCUT2D eigenvalue weighted by atomic mass is 10.0. The van der Waals surface area contributed by atoms with Crippen molar-refractivity contribution >= 4 is 39.9 Å². The normalized spacial score (nSPS) is 26.6. The number of ether oxygens (including phenoxy) is 2. The third-order valence-corrected chi connectivity index (χ3v) is 8.90. The third kappa shape index (κ3) is 5.25. The number of fused-ring (bicyclic) bond motifs is 2. The summed E-state index contributed by atoms with van der Waals surface area (Å²) >= 11 is 1.33. The van der Waals surface area contributed by atoms with E-state index >= 15 is 0 Å². The van der Waals surface area contributed by atoms with Crippen molar-refractivity contribution in [1.29, 1.82) is 0 Å². The maximum Gasteiger partial charge on any atom is 0.263 e. The lowest BCUT2D eigenvalue weighted by molar-refractivity contribution is -0.138. The number of carbonyl (C=O) groups excluding carboxylic acids is 2. The maximum absolute atomic E-state index is 12.9. The van der Waals surface area contributed by atoms with Crippen molar-refractivity contribution in [2.45, 2.75) is 57.6 Å². The minimum atomic E-state index is -0.957. The number of aromatic nitrogens is 3. The lowest BCUT2D eigenvalue weighted by Gasteiger charge is -2.22. The molecule has 5 atom stereocenters. The second-order valence-electron chi connectivity index (χ2n) is 11.2. The van der Waals surface area contributed by atoms with Crippen molar-refractivity contribution in [3.63, 3.8) is 0 Å². The zero-order chi connectivity index (χ0) is 27.3. The Morgan fingerprint density at radius 1 is 1.26 bits per heavy atom. The number of hydrogen-bond acceptors (Lipinski definition) is 9. The van der Waals surface area contributed by atoms with Gasteiger partial charge in [0.1, 0.15) is 27.7 Å². The van der Waals surface area contributed by atoms with Crippen LogP contribution in [0.25, 0.3) is 21.6 Å². The Hall–Kier alpha value is -3.06. The number of nitrogens with one attached hydrogen (secondary N) is 3. The zero-order valence-corrected chi connectivity index (χ0v) is 23.1. The van der Waals surface area contributed by atoms with E-state index in [-0.39, 0.29) is 24.0 Å². The standard InChI is InChI=1S/C27H34N6O5S/c1-14(34)26(36)33-11-15-6-17(7-16(15)12-33)32-22-19-4-5-28-23(19)29-9-20(22)25-31-10-21(39-25)24(35)30-8-18-13-37-27(2,3)38-18/h4-5,9-10,14-18,34H,6-8,11-13H2,1-3H3,(H,30,35)(H2,28,29,32)/t14-,15-,16+,17?,18?/m0/s1. The summed E-state index contributed by atoms with van der Waals surface area (Å²) in [5.41, 5.74) is 2.58. The number of thiazole rings is 1. The van der Waals surface area contributed by atoms with Crippen LogP contribution in [0.15, 0.2) is 24.7 Å². The van der Waals surface area contributed by atoms with Crippen LogP contribution in [0.2, 0.25) is 0 Å². The average Bonchev–Trinajstić information content (AvgIpc) is 3.70. The summed E-state index contributed by atoms with van der Waals surface area (Å²) < 4.78 is 11.3. The number of amides is 2. The van der Waals surface area contributed by atoms with Crippen molar-refractivity contribution in [1.82, 2.24) is 25.2 Å². The predicted molar refractivity (Wildman–Crippen MR) is 146 cm³/mol. The van der Waals surface area contributed by atoms with Gasteiger partial charge in [-0.25, -0.2) is 9.97 Å². The van der Waals surface area contributed by atoms with Crippen LogP contribution < -0.4 is 10.6 Å². The minimum absolute atomic E-state index is 0.184. The second-order valence-corrected chi connectivity index (χ2v) is 12.3. The molecule has 6 rings (SSSR count). The SMILES string of the molecule is C[C@H](O)C(=O)N1C[C@H]2CC(Nc3c(-c4ncc(C(=O)NCC5COC(C)(C)O5)s4)cnc4[nH]ccc34)C[C@H]2C1. The molecule has 3 aromatic rings. The van der Waals surface area contributed by atoms with E-state index in [1.165, 1.54) is 18.3 Å². The topological polar surface area (TPSA) is 142 Å². The Kier molecular flexibility index (Phi) is 6.82. The van der Waals surface area contributed by atoms with Gasteiger partial charge in [-0.15, -0.1) is 11.3 Å². The Bertz CT molecular complexity index is 1370. The second kappa shape index (κ2) is 10.2. The monoisotopic (exact) mass is 554 g/mol. The van der Waals surface area contributed by atoms with Crippen LogP contribution in [0, 0.1) is 11.8 Å². The number of nitrogens with zero attached hydrogens (tertiary/aromatic N) is 3. The van der Waals surface area contributed by atoms with E-state index < -0.39 is 11.9 Å². The highest BCUT2D eigenvalue weighted by molar-refractivity contribution is 7.17. The molecule has 12 heteroatoms. The number of rotatable bonds is 7. The Balaban J connectivity index is 1.16. The van der Waals surface area contributed by atoms with Crippen LogP contribution in [0.4, 0.5) is 5.69 Å². The Morgan fingerprint density at radius 2 is 2.03 bits per heavy atom. The molecule has 0 aromatic carbocycles. The molecule has 1 saturated carbocycles. The van der Waals surface area contributed by atoms with E-state index in [0.29, 0.717) is 48.0 Å². The van der Waals surface area contributed by atoms with Gasteiger partial charge in [-0.3, -0.25) is 9.59 Å². The van der Waals surface area contributed by atoms with E-state index in [4.69, 9.17) is 9.47 Å². The van der Waals surface area contributed by atoms with Crippen LogP contribution in [-0.4, -0.2) is 87.1 Å². The molecule has 2 saturated heterocycles. The highest BCUT2D eigenvalue weighted by atomic mass is 32.1. The largest absolute Gasteiger partial charge is 0.384 e. The number of anilines is 1. The van der Waals surface area contributed by atoms with Crippen LogP contribution in [0.1, 0.15) is 43.3 Å². The van der Waals surface area contributed by atoms with Gasteiger partial charge in [-0.05, 0) is 51.5 Å². The Labute approximate surface area is 230 Å². The number of aromatic amines is 1. The summed E-state index contributed by atoms with van der Waals surface area (Å²) in [4.78, 5) is 39.8. The summed E-state index contributed by atoms with van der Waals surface area (Å²) in [6.07, 6.45) is 6.01. The molecule has 2 amide bonds. The van der Waals surface area contributed by atoms with Crippen molar-refractivity contribution in [2.24, 2.45) is 11.8 Å². The molecule has 0 bridgehead atoms. The van der Waals surface area contributed by atoms with E-state index in [2.05, 4.69) is 25.6 Å². The van der Waals surface area contributed by atoms with Crippen molar-refractivity contribution < 1.29 is 24.2 Å². The predicted octanol–water partition coefficient (Wildman–Crippen LogP) is 2.60. The van der Waals surface area contributed by atoms with Crippen LogP contribution in [-0.2, 0) is 14.3 Å².